The third-order valence-electron chi connectivity index (χ3n) is 3.46. The number of carboxylic acids is 1. The van der Waals surface area contributed by atoms with Crippen molar-refractivity contribution in [1.29, 1.82) is 0 Å². The molecule has 0 radical (unpaired) electrons. The number of carbonyl (C=O) groups is 1. The summed E-state index contributed by atoms with van der Waals surface area (Å²) in [6.45, 7) is 3.41. The zero-order chi connectivity index (χ0) is 13.0. The molecular weight excluding hydrogens is 233 g/mol. The summed E-state index contributed by atoms with van der Waals surface area (Å²) in [6.07, 6.45) is 0. The van der Waals surface area contributed by atoms with Crippen molar-refractivity contribution < 1.29 is 23.1 Å². The second kappa shape index (κ2) is 3.48. The van der Waals surface area contributed by atoms with E-state index in [-0.39, 0.29) is 5.56 Å². The Kier molecular flexibility index (Phi) is 2.45. The third kappa shape index (κ3) is 1.69. The summed E-state index contributed by atoms with van der Waals surface area (Å²) in [7, 11) is 0. The fourth-order valence-electron chi connectivity index (χ4n) is 2.48. The standard InChI is InChI=1S/C12H11F3O2/c1-12(2)8(9(12)11(16)17)5-3-6(13)10(15)7(14)4-5/h3-4,8-9H,1-2H3,(H,16,17)/t8-,9+/m1/s1. The van der Waals surface area contributed by atoms with E-state index >= 15 is 0 Å². The molecule has 2 atom stereocenters. The van der Waals surface area contributed by atoms with E-state index in [1.54, 1.807) is 13.8 Å². The van der Waals surface area contributed by atoms with Gasteiger partial charge in [-0.1, -0.05) is 13.8 Å². The lowest BCUT2D eigenvalue weighted by Gasteiger charge is -2.04. The lowest BCUT2D eigenvalue weighted by molar-refractivity contribution is -0.139. The molecule has 0 aromatic heterocycles. The average Bonchev–Trinajstić information content (AvgIpc) is 2.77. The molecule has 1 aromatic rings. The van der Waals surface area contributed by atoms with E-state index in [1.165, 1.54) is 0 Å². The number of hydrogen-bond acceptors (Lipinski definition) is 1. The Labute approximate surface area is 96.1 Å². The van der Waals surface area contributed by atoms with Gasteiger partial charge in [0.15, 0.2) is 17.5 Å². The zero-order valence-electron chi connectivity index (χ0n) is 9.30. The smallest absolute Gasteiger partial charge is 0.307 e. The summed E-state index contributed by atoms with van der Waals surface area (Å²) in [5.74, 6) is -6.28. The first-order valence-corrected chi connectivity index (χ1v) is 5.14. The van der Waals surface area contributed by atoms with Crippen LogP contribution in [-0.4, -0.2) is 11.1 Å². The summed E-state index contributed by atoms with van der Waals surface area (Å²) in [4.78, 5) is 10.9. The Bertz CT molecular complexity index is 474. The van der Waals surface area contributed by atoms with Gasteiger partial charge in [0.1, 0.15) is 0 Å². The normalized spacial score (nSPS) is 25.7. The molecule has 0 aliphatic heterocycles. The first-order valence-electron chi connectivity index (χ1n) is 5.14. The molecule has 0 amide bonds. The van der Waals surface area contributed by atoms with Gasteiger partial charge in [-0.05, 0) is 23.1 Å². The zero-order valence-corrected chi connectivity index (χ0v) is 9.30. The highest BCUT2D eigenvalue weighted by atomic mass is 19.2. The predicted molar refractivity (Wildman–Crippen MR) is 54.0 cm³/mol. The van der Waals surface area contributed by atoms with Crippen LogP contribution in [0.15, 0.2) is 12.1 Å². The van der Waals surface area contributed by atoms with Gasteiger partial charge >= 0.3 is 5.97 Å². The Morgan fingerprint density at radius 2 is 1.71 bits per heavy atom. The van der Waals surface area contributed by atoms with Crippen LogP contribution >= 0.6 is 0 Å². The van der Waals surface area contributed by atoms with E-state index in [4.69, 9.17) is 5.11 Å². The minimum atomic E-state index is -1.53. The molecule has 17 heavy (non-hydrogen) atoms. The topological polar surface area (TPSA) is 37.3 Å². The fraction of sp³-hybridized carbons (Fsp3) is 0.417. The van der Waals surface area contributed by atoms with Gasteiger partial charge in [0, 0.05) is 5.92 Å². The average molecular weight is 244 g/mol. The van der Waals surface area contributed by atoms with E-state index in [1.807, 2.05) is 0 Å². The van der Waals surface area contributed by atoms with Crippen LogP contribution in [0.25, 0.3) is 0 Å². The molecular formula is C12H11F3O2. The number of rotatable bonds is 2. The van der Waals surface area contributed by atoms with E-state index < -0.39 is 40.7 Å². The van der Waals surface area contributed by atoms with E-state index in [0.29, 0.717) is 0 Å². The van der Waals surface area contributed by atoms with Crippen LogP contribution < -0.4 is 0 Å². The van der Waals surface area contributed by atoms with Gasteiger partial charge in [-0.25, -0.2) is 13.2 Å². The van der Waals surface area contributed by atoms with Crippen LogP contribution in [-0.2, 0) is 4.79 Å². The van der Waals surface area contributed by atoms with Crippen LogP contribution in [0.4, 0.5) is 13.2 Å². The molecule has 1 aliphatic rings. The molecule has 0 saturated heterocycles. The molecule has 1 aromatic carbocycles. The summed E-state index contributed by atoms with van der Waals surface area (Å²) >= 11 is 0. The van der Waals surface area contributed by atoms with Crippen molar-refractivity contribution in [2.24, 2.45) is 11.3 Å². The van der Waals surface area contributed by atoms with Crippen LogP contribution in [0, 0.1) is 28.8 Å². The predicted octanol–water partition coefficient (Wildman–Crippen LogP) is 2.93. The Hall–Kier alpha value is -1.52. The molecule has 1 aliphatic carbocycles. The first kappa shape index (κ1) is 12.0. The van der Waals surface area contributed by atoms with Gasteiger partial charge in [-0.2, -0.15) is 0 Å². The lowest BCUT2D eigenvalue weighted by atomic mass is 10.0. The highest BCUT2D eigenvalue weighted by Gasteiger charge is 2.62. The van der Waals surface area contributed by atoms with Crippen molar-refractivity contribution in [1.82, 2.24) is 0 Å². The largest absolute Gasteiger partial charge is 0.481 e. The number of hydrogen-bond donors (Lipinski definition) is 1. The molecule has 1 N–H and O–H groups in total. The van der Waals surface area contributed by atoms with Gasteiger partial charge in [-0.3, -0.25) is 4.79 Å². The molecule has 0 spiro atoms. The highest BCUT2D eigenvalue weighted by molar-refractivity contribution is 5.77. The maximum atomic E-state index is 13.0. The minimum Gasteiger partial charge on any atom is -0.481 e. The van der Waals surface area contributed by atoms with Crippen molar-refractivity contribution in [3.05, 3.63) is 35.1 Å². The van der Waals surface area contributed by atoms with Crippen molar-refractivity contribution in [2.45, 2.75) is 19.8 Å². The number of aliphatic carboxylic acids is 1. The van der Waals surface area contributed by atoms with Crippen LogP contribution in [0.2, 0.25) is 0 Å². The van der Waals surface area contributed by atoms with Crippen molar-refractivity contribution in [3.8, 4) is 0 Å². The molecule has 1 saturated carbocycles. The summed E-state index contributed by atoms with van der Waals surface area (Å²) in [6, 6.07) is 1.74. The first-order chi connectivity index (χ1) is 7.76. The molecule has 92 valence electrons. The SMILES string of the molecule is CC1(C)[C@H](C(=O)O)[C@H]1c1cc(F)c(F)c(F)c1. The van der Waals surface area contributed by atoms with Gasteiger partial charge < -0.3 is 5.11 Å². The second-order valence-electron chi connectivity index (χ2n) is 4.91. The van der Waals surface area contributed by atoms with Gasteiger partial charge in [-0.15, -0.1) is 0 Å². The monoisotopic (exact) mass is 244 g/mol. The molecule has 2 nitrogen and oxygen atoms in total. The highest BCUT2D eigenvalue weighted by Crippen LogP contribution is 2.64. The number of carboxylic acid groups (broad SMARTS) is 1. The fourth-order valence-corrected chi connectivity index (χ4v) is 2.48. The van der Waals surface area contributed by atoms with Gasteiger partial charge in [0.2, 0.25) is 0 Å². The second-order valence-corrected chi connectivity index (χ2v) is 4.91. The summed E-state index contributed by atoms with van der Waals surface area (Å²) < 4.78 is 38.9. The maximum Gasteiger partial charge on any atom is 0.307 e. The summed E-state index contributed by atoms with van der Waals surface area (Å²) in [5.41, 5.74) is -0.374. The van der Waals surface area contributed by atoms with E-state index in [9.17, 15) is 18.0 Å². The number of benzene rings is 1. The maximum absolute atomic E-state index is 13.0. The molecule has 0 unspecified atom stereocenters. The lowest BCUT2D eigenvalue weighted by Crippen LogP contribution is -2.03. The van der Waals surface area contributed by atoms with Crippen LogP contribution in [0.1, 0.15) is 25.3 Å². The van der Waals surface area contributed by atoms with E-state index in [0.717, 1.165) is 12.1 Å². The van der Waals surface area contributed by atoms with Crippen molar-refractivity contribution in [3.63, 3.8) is 0 Å². The quantitative estimate of drug-likeness (QED) is 0.812. The Morgan fingerprint density at radius 3 is 2.06 bits per heavy atom. The van der Waals surface area contributed by atoms with Crippen molar-refractivity contribution in [2.75, 3.05) is 0 Å². The molecule has 0 bridgehead atoms. The minimum absolute atomic E-state index is 0.193. The molecule has 1 fully saturated rings. The number of halogens is 3. The van der Waals surface area contributed by atoms with Crippen molar-refractivity contribution >= 4 is 5.97 Å². The van der Waals surface area contributed by atoms with E-state index in [2.05, 4.69) is 0 Å². The van der Waals surface area contributed by atoms with Gasteiger partial charge in [0.25, 0.3) is 0 Å². The third-order valence-corrected chi connectivity index (χ3v) is 3.46. The Balaban J connectivity index is 2.41. The van der Waals surface area contributed by atoms with Crippen LogP contribution in [0.5, 0.6) is 0 Å². The van der Waals surface area contributed by atoms with Crippen LogP contribution in [0.3, 0.4) is 0 Å². The molecule has 5 heteroatoms. The molecule has 0 heterocycles. The molecule has 2 rings (SSSR count). The Morgan fingerprint density at radius 1 is 1.24 bits per heavy atom. The van der Waals surface area contributed by atoms with Gasteiger partial charge in [0.05, 0.1) is 5.92 Å². The summed E-state index contributed by atoms with van der Waals surface area (Å²) in [5, 5.41) is 8.95.